The Morgan fingerprint density at radius 3 is 2.44 bits per heavy atom. The monoisotopic (exact) mass is 533 g/mol. The third-order valence-corrected chi connectivity index (χ3v) is 6.91. The van der Waals surface area contributed by atoms with Gasteiger partial charge in [0.1, 0.15) is 6.61 Å². The van der Waals surface area contributed by atoms with Crippen molar-refractivity contribution in [2.24, 2.45) is 0 Å². The highest BCUT2D eigenvalue weighted by molar-refractivity contribution is 8.18. The highest BCUT2D eigenvalue weighted by atomic mass is 35.5. The largest absolute Gasteiger partial charge is 0.493 e. The molecule has 0 aliphatic carbocycles. The summed E-state index contributed by atoms with van der Waals surface area (Å²) in [4.78, 5) is 26.9. The molecule has 0 N–H and O–H groups in total. The van der Waals surface area contributed by atoms with Gasteiger partial charge in [0, 0.05) is 20.6 Å². The van der Waals surface area contributed by atoms with Crippen LogP contribution in [-0.4, -0.2) is 23.2 Å². The van der Waals surface area contributed by atoms with E-state index in [1.807, 2.05) is 18.2 Å². The normalized spacial score (nSPS) is 14.7. The van der Waals surface area contributed by atoms with Crippen LogP contribution < -0.4 is 9.47 Å². The number of hydrogen-bond acceptors (Lipinski definition) is 5. The van der Waals surface area contributed by atoms with Crippen molar-refractivity contribution >= 4 is 63.8 Å². The molecule has 0 unspecified atom stereocenters. The number of amides is 2. The summed E-state index contributed by atoms with van der Waals surface area (Å²) < 4.78 is 11.3. The van der Waals surface area contributed by atoms with Crippen molar-refractivity contribution in [1.82, 2.24) is 4.90 Å². The minimum Gasteiger partial charge on any atom is -0.493 e. The molecule has 4 rings (SSSR count). The highest BCUT2D eigenvalue weighted by Gasteiger charge is 2.35. The van der Waals surface area contributed by atoms with Gasteiger partial charge in [0.2, 0.25) is 0 Å². The first-order chi connectivity index (χ1) is 16.4. The quantitative estimate of drug-likeness (QED) is 0.294. The number of benzene rings is 3. The first kappa shape index (κ1) is 24.5. The summed E-state index contributed by atoms with van der Waals surface area (Å²) >= 11 is 19.2. The summed E-state index contributed by atoms with van der Waals surface area (Å²) in [5.74, 6) is 0.636. The number of methoxy groups -OCH3 is 1. The Balaban J connectivity index is 1.50. The fourth-order valence-electron chi connectivity index (χ4n) is 3.27. The van der Waals surface area contributed by atoms with E-state index in [1.54, 1.807) is 48.5 Å². The van der Waals surface area contributed by atoms with Gasteiger partial charge in [-0.05, 0) is 59.3 Å². The Morgan fingerprint density at radius 1 is 0.912 bits per heavy atom. The van der Waals surface area contributed by atoms with Gasteiger partial charge in [-0.25, -0.2) is 0 Å². The molecule has 1 aliphatic heterocycles. The van der Waals surface area contributed by atoms with Crippen molar-refractivity contribution in [2.45, 2.75) is 13.2 Å². The number of rotatable bonds is 7. The maximum absolute atomic E-state index is 12.9. The lowest BCUT2D eigenvalue weighted by atomic mass is 10.1. The molecule has 0 saturated carbocycles. The molecular formula is C25H18Cl3NO4S. The molecule has 34 heavy (non-hydrogen) atoms. The molecule has 0 aromatic heterocycles. The second-order valence-electron chi connectivity index (χ2n) is 7.29. The number of hydrogen-bond donors (Lipinski definition) is 0. The standard InChI is InChI=1S/C25H18Cl3NO4S/c1-32-22-10-15(6-9-21(22)33-14-17-4-2-3-5-19(17)27)11-23-24(30)29(25(31)34-23)13-16-7-8-18(26)12-20(16)28/h2-12H,13-14H2,1H3/b23-11-. The van der Waals surface area contributed by atoms with Crippen LogP contribution in [0.25, 0.3) is 6.08 Å². The first-order valence-electron chi connectivity index (χ1n) is 10.1. The van der Waals surface area contributed by atoms with Crippen LogP contribution in [0, 0.1) is 0 Å². The minimum absolute atomic E-state index is 0.0656. The van der Waals surface area contributed by atoms with Crippen molar-refractivity contribution in [1.29, 1.82) is 0 Å². The van der Waals surface area contributed by atoms with Crippen LogP contribution in [-0.2, 0) is 17.9 Å². The molecule has 0 atom stereocenters. The number of carbonyl (C=O) groups excluding carboxylic acids is 2. The Morgan fingerprint density at radius 2 is 1.71 bits per heavy atom. The van der Waals surface area contributed by atoms with Gasteiger partial charge in [-0.15, -0.1) is 0 Å². The van der Waals surface area contributed by atoms with E-state index in [0.29, 0.717) is 42.6 Å². The molecule has 2 amide bonds. The lowest BCUT2D eigenvalue weighted by Gasteiger charge is -2.14. The number of thioether (sulfide) groups is 1. The van der Waals surface area contributed by atoms with Crippen LogP contribution in [0.1, 0.15) is 16.7 Å². The average Bonchev–Trinajstić information content (AvgIpc) is 3.08. The molecule has 0 spiro atoms. The van der Waals surface area contributed by atoms with Crippen LogP contribution >= 0.6 is 46.6 Å². The van der Waals surface area contributed by atoms with E-state index < -0.39 is 0 Å². The number of carbonyl (C=O) groups is 2. The zero-order chi connectivity index (χ0) is 24.2. The Labute approximate surface area is 216 Å². The van der Waals surface area contributed by atoms with E-state index in [4.69, 9.17) is 44.3 Å². The second-order valence-corrected chi connectivity index (χ2v) is 9.54. The van der Waals surface area contributed by atoms with Gasteiger partial charge in [0.15, 0.2) is 11.5 Å². The van der Waals surface area contributed by atoms with Gasteiger partial charge in [0.05, 0.1) is 18.6 Å². The van der Waals surface area contributed by atoms with Crippen molar-refractivity contribution in [3.8, 4) is 11.5 Å². The van der Waals surface area contributed by atoms with Crippen LogP contribution in [0.2, 0.25) is 15.1 Å². The van der Waals surface area contributed by atoms with E-state index in [2.05, 4.69) is 0 Å². The fourth-order valence-corrected chi connectivity index (χ4v) is 4.77. The summed E-state index contributed by atoms with van der Waals surface area (Å²) in [7, 11) is 1.53. The maximum Gasteiger partial charge on any atom is 0.293 e. The predicted octanol–water partition coefficient (Wildman–Crippen LogP) is 7.47. The van der Waals surface area contributed by atoms with E-state index in [1.165, 1.54) is 7.11 Å². The topological polar surface area (TPSA) is 55.8 Å². The zero-order valence-electron chi connectivity index (χ0n) is 17.9. The van der Waals surface area contributed by atoms with Crippen LogP contribution in [0.3, 0.4) is 0 Å². The van der Waals surface area contributed by atoms with Crippen LogP contribution in [0.4, 0.5) is 4.79 Å². The van der Waals surface area contributed by atoms with E-state index >= 15 is 0 Å². The number of ether oxygens (including phenoxy) is 2. The van der Waals surface area contributed by atoms with Crippen LogP contribution in [0.15, 0.2) is 65.6 Å². The smallest absolute Gasteiger partial charge is 0.293 e. The number of imide groups is 1. The Hall–Kier alpha value is -2.64. The summed E-state index contributed by atoms with van der Waals surface area (Å²) in [5.41, 5.74) is 2.18. The van der Waals surface area contributed by atoms with E-state index in [9.17, 15) is 9.59 Å². The molecule has 5 nitrogen and oxygen atoms in total. The van der Waals surface area contributed by atoms with Crippen molar-refractivity contribution in [3.05, 3.63) is 97.3 Å². The molecule has 174 valence electrons. The summed E-state index contributed by atoms with van der Waals surface area (Å²) in [6.07, 6.45) is 1.65. The number of halogens is 3. The highest BCUT2D eigenvalue weighted by Crippen LogP contribution is 2.36. The van der Waals surface area contributed by atoms with Gasteiger partial charge >= 0.3 is 0 Å². The van der Waals surface area contributed by atoms with E-state index in [0.717, 1.165) is 22.2 Å². The fraction of sp³-hybridized carbons (Fsp3) is 0.120. The molecular weight excluding hydrogens is 517 g/mol. The molecule has 1 heterocycles. The third-order valence-electron chi connectivity index (χ3n) is 5.04. The lowest BCUT2D eigenvalue weighted by molar-refractivity contribution is -0.123. The number of nitrogens with zero attached hydrogens (tertiary/aromatic N) is 1. The molecule has 1 aliphatic rings. The first-order valence-corrected chi connectivity index (χ1v) is 12.0. The molecule has 3 aromatic carbocycles. The summed E-state index contributed by atoms with van der Waals surface area (Å²) in [6, 6.07) is 17.6. The Kier molecular flexibility index (Phi) is 7.73. The molecule has 0 radical (unpaired) electrons. The zero-order valence-corrected chi connectivity index (χ0v) is 21.0. The van der Waals surface area contributed by atoms with Gasteiger partial charge in [-0.3, -0.25) is 14.5 Å². The summed E-state index contributed by atoms with van der Waals surface area (Å²) in [5, 5.41) is 1.13. The van der Waals surface area contributed by atoms with Crippen molar-refractivity contribution in [3.63, 3.8) is 0 Å². The molecule has 9 heteroatoms. The SMILES string of the molecule is COc1cc(/C=C2\SC(=O)N(Cc3ccc(Cl)cc3Cl)C2=O)ccc1OCc1ccccc1Cl. The van der Waals surface area contributed by atoms with Crippen molar-refractivity contribution < 1.29 is 19.1 Å². The average molecular weight is 535 g/mol. The predicted molar refractivity (Wildman–Crippen MR) is 137 cm³/mol. The van der Waals surface area contributed by atoms with E-state index in [-0.39, 0.29) is 24.3 Å². The minimum atomic E-state index is -0.390. The molecule has 0 bridgehead atoms. The maximum atomic E-state index is 12.9. The molecule has 3 aromatic rings. The second kappa shape index (κ2) is 10.7. The van der Waals surface area contributed by atoms with Crippen molar-refractivity contribution in [2.75, 3.05) is 7.11 Å². The third kappa shape index (κ3) is 5.53. The summed E-state index contributed by atoms with van der Waals surface area (Å²) in [6.45, 7) is 0.345. The van der Waals surface area contributed by atoms with Gasteiger partial charge in [-0.1, -0.05) is 65.1 Å². The van der Waals surface area contributed by atoms with Gasteiger partial charge < -0.3 is 9.47 Å². The molecule has 1 fully saturated rings. The van der Waals surface area contributed by atoms with Gasteiger partial charge in [-0.2, -0.15) is 0 Å². The van der Waals surface area contributed by atoms with Crippen LogP contribution in [0.5, 0.6) is 11.5 Å². The Bertz CT molecular complexity index is 1290. The molecule has 1 saturated heterocycles. The lowest BCUT2D eigenvalue weighted by Crippen LogP contribution is -2.27. The van der Waals surface area contributed by atoms with Gasteiger partial charge in [0.25, 0.3) is 11.1 Å².